The third-order valence-electron chi connectivity index (χ3n) is 4.10. The van der Waals surface area contributed by atoms with Gasteiger partial charge in [0, 0.05) is 19.1 Å². The largest absolute Gasteiger partial charge is 0.364 e. The lowest BCUT2D eigenvalue weighted by atomic mass is 9.94. The third kappa shape index (κ3) is 3.22. The van der Waals surface area contributed by atoms with E-state index in [9.17, 15) is 4.79 Å². The number of carbonyl (C=O) groups excluding carboxylic acids is 1. The Bertz CT molecular complexity index is 298. The van der Waals surface area contributed by atoms with E-state index in [2.05, 4.69) is 24.2 Å². The second-order valence-corrected chi connectivity index (χ2v) is 5.70. The zero-order valence-corrected chi connectivity index (χ0v) is 11.4. The zero-order valence-electron chi connectivity index (χ0n) is 11.4. The molecule has 0 saturated carbocycles. The fourth-order valence-corrected chi connectivity index (χ4v) is 2.92. The van der Waals surface area contributed by atoms with Gasteiger partial charge in [0.25, 0.3) is 0 Å². The quantitative estimate of drug-likeness (QED) is 0.742. The van der Waals surface area contributed by atoms with E-state index in [1.807, 2.05) is 0 Å². The van der Waals surface area contributed by atoms with Crippen molar-refractivity contribution in [1.82, 2.24) is 10.2 Å². The molecule has 0 radical (unpaired) electrons. The van der Waals surface area contributed by atoms with Crippen LogP contribution in [-0.2, 0) is 9.53 Å². The Morgan fingerprint density at radius 3 is 2.83 bits per heavy atom. The van der Waals surface area contributed by atoms with Gasteiger partial charge < -0.3 is 20.7 Å². The van der Waals surface area contributed by atoms with Gasteiger partial charge in [-0.05, 0) is 38.8 Å². The maximum atomic E-state index is 12.1. The van der Waals surface area contributed by atoms with E-state index >= 15 is 0 Å². The molecule has 0 aliphatic carbocycles. The summed E-state index contributed by atoms with van der Waals surface area (Å²) >= 11 is 0. The molecule has 2 aliphatic heterocycles. The van der Waals surface area contributed by atoms with Crippen molar-refractivity contribution in [1.29, 1.82) is 0 Å². The first-order valence-electron chi connectivity index (χ1n) is 6.94. The highest BCUT2D eigenvalue weighted by atomic mass is 16.5. The van der Waals surface area contributed by atoms with Crippen LogP contribution in [0, 0.1) is 5.92 Å². The first kappa shape index (κ1) is 13.8. The number of piperidine rings is 1. The Morgan fingerprint density at radius 1 is 1.44 bits per heavy atom. The van der Waals surface area contributed by atoms with Gasteiger partial charge in [-0.3, -0.25) is 4.79 Å². The van der Waals surface area contributed by atoms with Crippen LogP contribution in [-0.4, -0.2) is 55.7 Å². The van der Waals surface area contributed by atoms with Crippen molar-refractivity contribution in [3.8, 4) is 0 Å². The fourth-order valence-electron chi connectivity index (χ4n) is 2.92. The van der Waals surface area contributed by atoms with Crippen molar-refractivity contribution >= 4 is 5.91 Å². The van der Waals surface area contributed by atoms with E-state index in [1.165, 1.54) is 0 Å². The van der Waals surface area contributed by atoms with Crippen molar-refractivity contribution in [2.45, 2.75) is 44.4 Å². The standard InChI is InChI=1S/C13H25N3O2/c1-9-8-16(2)6-5-11(9)15-13(17)12-4-3-10(7-14)18-12/h9-12H,3-8,14H2,1-2H3,(H,15,17). The van der Waals surface area contributed by atoms with Crippen LogP contribution < -0.4 is 11.1 Å². The molecule has 1 amide bonds. The number of amides is 1. The first-order valence-corrected chi connectivity index (χ1v) is 6.94. The highest BCUT2D eigenvalue weighted by molar-refractivity contribution is 5.81. The lowest BCUT2D eigenvalue weighted by Gasteiger charge is -2.35. The summed E-state index contributed by atoms with van der Waals surface area (Å²) in [6, 6.07) is 0.286. The molecule has 4 unspecified atom stereocenters. The van der Waals surface area contributed by atoms with Crippen molar-refractivity contribution in [2.24, 2.45) is 11.7 Å². The Labute approximate surface area is 109 Å². The summed E-state index contributed by atoms with van der Waals surface area (Å²) in [6.07, 6.45) is 2.50. The number of ether oxygens (including phenoxy) is 1. The van der Waals surface area contributed by atoms with E-state index in [1.54, 1.807) is 0 Å². The molecule has 0 spiro atoms. The monoisotopic (exact) mass is 255 g/mol. The van der Waals surface area contributed by atoms with Crippen molar-refractivity contribution in [3.63, 3.8) is 0 Å². The number of nitrogens with zero attached hydrogens (tertiary/aromatic N) is 1. The second-order valence-electron chi connectivity index (χ2n) is 5.70. The topological polar surface area (TPSA) is 67.6 Å². The van der Waals surface area contributed by atoms with E-state index < -0.39 is 0 Å². The smallest absolute Gasteiger partial charge is 0.249 e. The Kier molecular flexibility index (Phi) is 4.59. The van der Waals surface area contributed by atoms with E-state index in [4.69, 9.17) is 10.5 Å². The molecule has 5 nitrogen and oxygen atoms in total. The number of nitrogens with one attached hydrogen (secondary N) is 1. The van der Waals surface area contributed by atoms with Gasteiger partial charge in [0.15, 0.2) is 0 Å². The summed E-state index contributed by atoms with van der Waals surface area (Å²) in [5.74, 6) is 0.548. The number of likely N-dealkylation sites (tertiary alicyclic amines) is 1. The van der Waals surface area contributed by atoms with Gasteiger partial charge in [-0.15, -0.1) is 0 Å². The molecule has 2 saturated heterocycles. The van der Waals surface area contributed by atoms with Gasteiger partial charge in [0.1, 0.15) is 6.10 Å². The molecular formula is C13H25N3O2. The average Bonchev–Trinajstić information content (AvgIpc) is 2.81. The molecule has 0 bridgehead atoms. The molecule has 0 aromatic heterocycles. The van der Waals surface area contributed by atoms with Crippen molar-refractivity contribution in [3.05, 3.63) is 0 Å². The molecule has 104 valence electrons. The number of hydrogen-bond acceptors (Lipinski definition) is 4. The van der Waals surface area contributed by atoms with Gasteiger partial charge >= 0.3 is 0 Å². The maximum Gasteiger partial charge on any atom is 0.249 e. The molecule has 2 fully saturated rings. The molecule has 3 N–H and O–H groups in total. The number of carbonyl (C=O) groups is 1. The molecule has 2 rings (SSSR count). The summed E-state index contributed by atoms with van der Waals surface area (Å²) in [6.45, 7) is 4.79. The molecule has 0 aromatic rings. The first-order chi connectivity index (χ1) is 8.60. The van der Waals surface area contributed by atoms with Crippen LogP contribution in [0.15, 0.2) is 0 Å². The highest BCUT2D eigenvalue weighted by Gasteiger charge is 2.33. The van der Waals surface area contributed by atoms with Crippen LogP contribution in [0.1, 0.15) is 26.2 Å². The molecular weight excluding hydrogens is 230 g/mol. The van der Waals surface area contributed by atoms with Crippen molar-refractivity contribution < 1.29 is 9.53 Å². The minimum Gasteiger partial charge on any atom is -0.364 e. The van der Waals surface area contributed by atoms with Gasteiger partial charge in [-0.2, -0.15) is 0 Å². The predicted octanol–water partition coefficient (Wildman–Crippen LogP) is -0.0509. The molecule has 5 heteroatoms. The van der Waals surface area contributed by atoms with Gasteiger partial charge in [0.05, 0.1) is 6.10 Å². The summed E-state index contributed by atoms with van der Waals surface area (Å²) in [5, 5.41) is 3.14. The minimum atomic E-state index is -0.287. The SMILES string of the molecule is CC1CN(C)CCC1NC(=O)C1CCC(CN)O1. The Morgan fingerprint density at radius 2 is 2.22 bits per heavy atom. The summed E-state index contributed by atoms with van der Waals surface area (Å²) < 4.78 is 5.62. The lowest BCUT2D eigenvalue weighted by Crippen LogP contribution is -2.51. The Hall–Kier alpha value is -0.650. The molecule has 2 heterocycles. The van der Waals surface area contributed by atoms with Crippen molar-refractivity contribution in [2.75, 3.05) is 26.7 Å². The summed E-state index contributed by atoms with van der Waals surface area (Å²) in [4.78, 5) is 14.4. The maximum absolute atomic E-state index is 12.1. The summed E-state index contributed by atoms with van der Waals surface area (Å²) in [7, 11) is 2.13. The number of nitrogens with two attached hydrogens (primary N) is 1. The number of hydrogen-bond donors (Lipinski definition) is 2. The lowest BCUT2D eigenvalue weighted by molar-refractivity contribution is -0.133. The zero-order chi connectivity index (χ0) is 13.1. The van der Waals surface area contributed by atoms with Crippen LogP contribution in [0.3, 0.4) is 0 Å². The third-order valence-corrected chi connectivity index (χ3v) is 4.10. The highest BCUT2D eigenvalue weighted by Crippen LogP contribution is 2.21. The Balaban J connectivity index is 1.81. The second kappa shape index (κ2) is 5.99. The fraction of sp³-hybridized carbons (Fsp3) is 0.923. The summed E-state index contributed by atoms with van der Waals surface area (Å²) in [5.41, 5.74) is 5.56. The predicted molar refractivity (Wildman–Crippen MR) is 70.2 cm³/mol. The molecule has 2 aliphatic rings. The molecule has 4 atom stereocenters. The van der Waals surface area contributed by atoms with E-state index in [0.717, 1.165) is 32.4 Å². The molecule has 0 aromatic carbocycles. The van der Waals surface area contributed by atoms with Crippen LogP contribution in [0.2, 0.25) is 0 Å². The van der Waals surface area contributed by atoms with Crippen LogP contribution in [0.25, 0.3) is 0 Å². The molecule has 18 heavy (non-hydrogen) atoms. The number of rotatable bonds is 3. The van der Waals surface area contributed by atoms with Crippen LogP contribution in [0.5, 0.6) is 0 Å². The normalized spacial score (nSPS) is 37.7. The van der Waals surface area contributed by atoms with E-state index in [-0.39, 0.29) is 24.2 Å². The average molecular weight is 255 g/mol. The van der Waals surface area contributed by atoms with Gasteiger partial charge in [0.2, 0.25) is 5.91 Å². The minimum absolute atomic E-state index is 0.0485. The van der Waals surface area contributed by atoms with Gasteiger partial charge in [-0.25, -0.2) is 0 Å². The van der Waals surface area contributed by atoms with Gasteiger partial charge in [-0.1, -0.05) is 6.92 Å². The van der Waals surface area contributed by atoms with E-state index in [0.29, 0.717) is 12.5 Å². The van der Waals surface area contributed by atoms with Crippen LogP contribution in [0.4, 0.5) is 0 Å². The van der Waals surface area contributed by atoms with Crippen LogP contribution >= 0.6 is 0 Å².